The Kier molecular flexibility index (Phi) is 5.29. The van der Waals surface area contributed by atoms with Gasteiger partial charge in [-0.2, -0.15) is 10.2 Å². The first-order valence-corrected chi connectivity index (χ1v) is 9.75. The fourth-order valence-electron chi connectivity index (χ4n) is 3.42. The molecule has 1 aromatic carbocycles. The van der Waals surface area contributed by atoms with Crippen LogP contribution >= 0.6 is 11.6 Å². The van der Waals surface area contributed by atoms with Gasteiger partial charge < -0.3 is 5.32 Å². The Balaban J connectivity index is 1.35. The molecule has 0 unspecified atom stereocenters. The molecule has 3 heterocycles. The number of hydrogen-bond donors (Lipinski definition) is 2. The highest BCUT2D eigenvalue weighted by Gasteiger charge is 2.17. The molecule has 0 bridgehead atoms. The van der Waals surface area contributed by atoms with E-state index in [9.17, 15) is 9.59 Å². The Hall–Kier alpha value is -2.87. The van der Waals surface area contributed by atoms with Crippen LogP contribution in [0.15, 0.2) is 35.3 Å². The van der Waals surface area contributed by atoms with Gasteiger partial charge >= 0.3 is 5.69 Å². The fourth-order valence-corrected chi connectivity index (χ4v) is 3.54. The first-order chi connectivity index (χ1) is 13.6. The molecule has 0 atom stereocenters. The molecule has 0 fully saturated rings. The predicted molar refractivity (Wildman–Crippen MR) is 105 cm³/mol. The molecule has 0 spiro atoms. The molecule has 0 saturated carbocycles. The third-order valence-electron chi connectivity index (χ3n) is 4.88. The van der Waals surface area contributed by atoms with Crippen LogP contribution in [0.25, 0.3) is 11.3 Å². The van der Waals surface area contributed by atoms with Crippen LogP contribution in [0.5, 0.6) is 0 Å². The van der Waals surface area contributed by atoms with Crippen molar-refractivity contribution in [3.8, 4) is 11.3 Å². The first-order valence-electron chi connectivity index (χ1n) is 9.37. The molecule has 146 valence electrons. The summed E-state index contributed by atoms with van der Waals surface area (Å²) >= 11 is 5.92. The number of nitrogens with zero attached hydrogens (tertiary/aromatic N) is 4. The predicted octanol–water partition coefficient (Wildman–Crippen LogP) is 2.24. The van der Waals surface area contributed by atoms with E-state index in [-0.39, 0.29) is 11.6 Å². The minimum Gasteiger partial charge on any atom is -0.352 e. The number of halogens is 1. The third kappa shape index (κ3) is 3.73. The largest absolute Gasteiger partial charge is 0.352 e. The van der Waals surface area contributed by atoms with Gasteiger partial charge in [-0.25, -0.2) is 9.48 Å². The highest BCUT2D eigenvalue weighted by atomic mass is 35.5. The molecule has 1 amide bonds. The molecule has 3 aromatic rings. The zero-order valence-electron chi connectivity index (χ0n) is 15.3. The maximum atomic E-state index is 12.5. The van der Waals surface area contributed by atoms with Crippen molar-refractivity contribution in [2.75, 3.05) is 6.54 Å². The molecule has 8 nitrogen and oxygen atoms in total. The van der Waals surface area contributed by atoms with Crippen molar-refractivity contribution in [1.82, 2.24) is 29.9 Å². The molecule has 0 aliphatic carbocycles. The Morgan fingerprint density at radius 1 is 1.25 bits per heavy atom. The van der Waals surface area contributed by atoms with Crippen LogP contribution in [-0.4, -0.2) is 37.0 Å². The van der Waals surface area contributed by atoms with Crippen LogP contribution in [-0.2, 0) is 19.5 Å². The van der Waals surface area contributed by atoms with E-state index in [0.717, 1.165) is 37.2 Å². The number of carbonyl (C=O) groups excluding carboxylic acids is 1. The standard InChI is InChI=1S/C19H21ClN6O2/c20-14-7-5-13(6-8-14)17-15(12-22-23-17)18(27)21-9-3-11-26-19(28)25-10-2-1-4-16(25)24-26/h5-8,12H,1-4,9-11H2,(H,21,27)(H,22,23). The average molecular weight is 401 g/mol. The van der Waals surface area contributed by atoms with Gasteiger partial charge in [0.1, 0.15) is 5.82 Å². The zero-order valence-corrected chi connectivity index (χ0v) is 16.1. The normalized spacial score (nSPS) is 13.3. The van der Waals surface area contributed by atoms with Crippen molar-refractivity contribution in [1.29, 1.82) is 0 Å². The molecule has 0 radical (unpaired) electrons. The van der Waals surface area contributed by atoms with Gasteiger partial charge in [0.2, 0.25) is 0 Å². The van der Waals surface area contributed by atoms with E-state index in [0.29, 0.717) is 35.8 Å². The van der Waals surface area contributed by atoms with Gasteiger partial charge in [0.05, 0.1) is 17.5 Å². The molecule has 4 rings (SSSR count). The maximum absolute atomic E-state index is 12.5. The summed E-state index contributed by atoms with van der Waals surface area (Å²) in [4.78, 5) is 24.8. The van der Waals surface area contributed by atoms with Gasteiger partial charge in [0.15, 0.2) is 0 Å². The van der Waals surface area contributed by atoms with E-state index in [1.165, 1.54) is 10.9 Å². The number of amides is 1. The van der Waals surface area contributed by atoms with E-state index in [4.69, 9.17) is 11.6 Å². The second kappa shape index (κ2) is 8.02. The van der Waals surface area contributed by atoms with Gasteiger partial charge in [-0.3, -0.25) is 14.5 Å². The second-order valence-electron chi connectivity index (χ2n) is 6.81. The SMILES string of the molecule is O=C(NCCCn1nc2n(c1=O)CCCC2)c1cn[nH]c1-c1ccc(Cl)cc1. The number of rotatable bonds is 6. The third-order valence-corrected chi connectivity index (χ3v) is 5.13. The number of carbonyl (C=O) groups is 1. The van der Waals surface area contributed by atoms with E-state index >= 15 is 0 Å². The van der Waals surface area contributed by atoms with Crippen LogP contribution in [0.3, 0.4) is 0 Å². The maximum Gasteiger partial charge on any atom is 0.345 e. The summed E-state index contributed by atoms with van der Waals surface area (Å²) in [6.07, 6.45) is 5.08. The monoisotopic (exact) mass is 400 g/mol. The molecule has 28 heavy (non-hydrogen) atoms. The lowest BCUT2D eigenvalue weighted by molar-refractivity contribution is 0.0953. The van der Waals surface area contributed by atoms with Crippen LogP contribution in [0.1, 0.15) is 35.4 Å². The highest BCUT2D eigenvalue weighted by molar-refractivity contribution is 6.30. The molecular weight excluding hydrogens is 380 g/mol. The molecule has 9 heteroatoms. The highest BCUT2D eigenvalue weighted by Crippen LogP contribution is 2.22. The average Bonchev–Trinajstić information content (AvgIpc) is 3.31. The van der Waals surface area contributed by atoms with Gasteiger partial charge in [-0.05, 0) is 31.4 Å². The van der Waals surface area contributed by atoms with E-state index in [1.807, 2.05) is 12.1 Å². The summed E-state index contributed by atoms with van der Waals surface area (Å²) in [7, 11) is 0. The number of fused-ring (bicyclic) bond motifs is 1. The van der Waals surface area contributed by atoms with Gasteiger partial charge in [-0.15, -0.1) is 0 Å². The van der Waals surface area contributed by atoms with Crippen molar-refractivity contribution in [3.05, 3.63) is 57.4 Å². The minimum atomic E-state index is -0.213. The lowest BCUT2D eigenvalue weighted by atomic mass is 10.1. The summed E-state index contributed by atoms with van der Waals surface area (Å²) < 4.78 is 3.26. The van der Waals surface area contributed by atoms with Crippen molar-refractivity contribution in [2.24, 2.45) is 0 Å². The van der Waals surface area contributed by atoms with Crippen molar-refractivity contribution < 1.29 is 4.79 Å². The molecule has 1 aliphatic rings. The Morgan fingerprint density at radius 2 is 2.07 bits per heavy atom. The number of aryl methyl sites for hydroxylation is 2. The Morgan fingerprint density at radius 3 is 2.86 bits per heavy atom. The number of H-pyrrole nitrogens is 1. The molecule has 2 N–H and O–H groups in total. The molecule has 1 aliphatic heterocycles. The van der Waals surface area contributed by atoms with Crippen LogP contribution < -0.4 is 11.0 Å². The van der Waals surface area contributed by atoms with E-state index in [2.05, 4.69) is 20.6 Å². The van der Waals surface area contributed by atoms with Crippen LogP contribution in [0, 0.1) is 0 Å². The van der Waals surface area contributed by atoms with Gasteiger partial charge in [0.25, 0.3) is 5.91 Å². The summed E-state index contributed by atoms with van der Waals surface area (Å²) in [5.41, 5.74) is 1.90. The van der Waals surface area contributed by atoms with E-state index in [1.54, 1.807) is 16.7 Å². The smallest absolute Gasteiger partial charge is 0.345 e. The number of aromatic amines is 1. The van der Waals surface area contributed by atoms with Crippen molar-refractivity contribution >= 4 is 17.5 Å². The first kappa shape index (κ1) is 18.5. The topological polar surface area (TPSA) is 97.6 Å². The lowest BCUT2D eigenvalue weighted by Gasteiger charge is -2.09. The summed E-state index contributed by atoms with van der Waals surface area (Å²) in [6.45, 7) is 1.67. The number of benzene rings is 1. The molecular formula is C19H21ClN6O2. The minimum absolute atomic E-state index is 0.0547. The summed E-state index contributed by atoms with van der Waals surface area (Å²) in [6, 6.07) is 7.20. The summed E-state index contributed by atoms with van der Waals surface area (Å²) in [5.74, 6) is 0.654. The number of aromatic nitrogens is 5. The van der Waals surface area contributed by atoms with E-state index < -0.39 is 0 Å². The Bertz CT molecular complexity index is 1030. The zero-order chi connectivity index (χ0) is 19.5. The van der Waals surface area contributed by atoms with Gasteiger partial charge in [-0.1, -0.05) is 23.7 Å². The van der Waals surface area contributed by atoms with Crippen molar-refractivity contribution in [3.63, 3.8) is 0 Å². The Labute approximate surface area is 166 Å². The second-order valence-corrected chi connectivity index (χ2v) is 7.24. The molecule has 2 aromatic heterocycles. The van der Waals surface area contributed by atoms with Crippen LogP contribution in [0.4, 0.5) is 0 Å². The number of nitrogens with one attached hydrogen (secondary N) is 2. The lowest BCUT2D eigenvalue weighted by Crippen LogP contribution is -2.29. The fraction of sp³-hybridized carbons (Fsp3) is 0.368. The molecule has 0 saturated heterocycles. The number of hydrogen-bond acceptors (Lipinski definition) is 4. The quantitative estimate of drug-likeness (QED) is 0.620. The van der Waals surface area contributed by atoms with Crippen LogP contribution in [0.2, 0.25) is 5.02 Å². The van der Waals surface area contributed by atoms with Crippen molar-refractivity contribution in [2.45, 2.75) is 38.8 Å². The van der Waals surface area contributed by atoms with Gasteiger partial charge in [0, 0.05) is 36.6 Å². The summed E-state index contributed by atoms with van der Waals surface area (Å²) in [5, 5.41) is 14.8.